The van der Waals surface area contributed by atoms with Gasteiger partial charge in [0.15, 0.2) is 0 Å². The van der Waals surface area contributed by atoms with Gasteiger partial charge in [0.05, 0.1) is 19.6 Å². The zero-order valence-electron chi connectivity index (χ0n) is 11.6. The average molecular weight is 320 g/mol. The van der Waals surface area contributed by atoms with Crippen molar-refractivity contribution in [1.82, 2.24) is 10.6 Å². The largest absolute Gasteiger partial charge is 0.489 e. The van der Waals surface area contributed by atoms with Gasteiger partial charge in [-0.2, -0.15) is 0 Å². The number of halogens is 2. The summed E-state index contributed by atoms with van der Waals surface area (Å²) in [5.74, 6) is -0.739. The van der Waals surface area contributed by atoms with Crippen molar-refractivity contribution in [2.24, 2.45) is 5.73 Å². The van der Waals surface area contributed by atoms with Crippen LogP contribution in [0, 0.1) is 5.82 Å². The van der Waals surface area contributed by atoms with E-state index in [0.29, 0.717) is 5.75 Å². The average Bonchev–Trinajstić information content (AvgIpc) is 2.42. The molecule has 0 heterocycles. The van der Waals surface area contributed by atoms with Crippen molar-refractivity contribution >= 4 is 24.2 Å². The highest BCUT2D eigenvalue weighted by atomic mass is 35.5. The van der Waals surface area contributed by atoms with E-state index < -0.39 is 5.91 Å². The number of amides is 2. The zero-order chi connectivity index (χ0) is 15.0. The molecule has 1 unspecified atom stereocenters. The molecule has 0 saturated heterocycles. The van der Waals surface area contributed by atoms with Crippen molar-refractivity contribution in [2.75, 3.05) is 19.6 Å². The molecule has 0 aliphatic carbocycles. The quantitative estimate of drug-likeness (QED) is 0.669. The molecule has 118 valence electrons. The molecule has 0 spiro atoms. The summed E-state index contributed by atoms with van der Waals surface area (Å²) in [6, 6.07) is 5.75. The van der Waals surface area contributed by atoms with Crippen molar-refractivity contribution in [3.05, 3.63) is 30.1 Å². The first-order valence-electron chi connectivity index (χ1n) is 6.17. The Morgan fingerprint density at radius 2 is 2.05 bits per heavy atom. The number of nitrogens with two attached hydrogens (primary N) is 1. The second kappa shape index (κ2) is 9.95. The summed E-state index contributed by atoms with van der Waals surface area (Å²) in [6.45, 7) is 1.69. The van der Waals surface area contributed by atoms with E-state index in [4.69, 9.17) is 10.5 Å². The van der Waals surface area contributed by atoms with Gasteiger partial charge >= 0.3 is 0 Å². The van der Waals surface area contributed by atoms with Crippen LogP contribution in [0.2, 0.25) is 0 Å². The van der Waals surface area contributed by atoms with Crippen LogP contribution in [0.4, 0.5) is 4.39 Å². The fourth-order valence-electron chi connectivity index (χ4n) is 1.39. The van der Waals surface area contributed by atoms with E-state index in [1.54, 1.807) is 13.0 Å². The van der Waals surface area contributed by atoms with E-state index in [0.717, 1.165) is 0 Å². The third-order valence-corrected chi connectivity index (χ3v) is 2.35. The van der Waals surface area contributed by atoms with E-state index in [-0.39, 0.29) is 49.9 Å². The number of carbonyl (C=O) groups excluding carboxylic acids is 2. The molecule has 6 nitrogen and oxygen atoms in total. The first-order valence-corrected chi connectivity index (χ1v) is 6.17. The van der Waals surface area contributed by atoms with Crippen LogP contribution in [-0.2, 0) is 9.59 Å². The fourth-order valence-corrected chi connectivity index (χ4v) is 1.39. The number of benzene rings is 1. The third-order valence-electron chi connectivity index (χ3n) is 2.35. The molecule has 0 aliphatic rings. The lowest BCUT2D eigenvalue weighted by Crippen LogP contribution is -2.42. The summed E-state index contributed by atoms with van der Waals surface area (Å²) in [7, 11) is 0. The molecule has 0 fully saturated rings. The predicted octanol–water partition coefficient (Wildman–Crippen LogP) is 0.206. The smallest absolute Gasteiger partial charge is 0.239 e. The molecule has 1 aromatic carbocycles. The van der Waals surface area contributed by atoms with Gasteiger partial charge in [0.1, 0.15) is 17.7 Å². The molecular formula is C13H19ClFN3O3. The Balaban J connectivity index is 0.00000400. The number of nitrogens with one attached hydrogen (secondary N) is 2. The third kappa shape index (κ3) is 8.11. The van der Waals surface area contributed by atoms with Crippen LogP contribution in [0.5, 0.6) is 5.75 Å². The van der Waals surface area contributed by atoms with E-state index in [2.05, 4.69) is 10.6 Å². The van der Waals surface area contributed by atoms with Gasteiger partial charge in [-0.1, -0.05) is 6.07 Å². The Hall–Kier alpha value is -1.86. The highest BCUT2D eigenvalue weighted by Crippen LogP contribution is 2.13. The molecular weight excluding hydrogens is 301 g/mol. The van der Waals surface area contributed by atoms with Crippen LogP contribution < -0.4 is 21.1 Å². The SMILES string of the molecule is CC(CNC(=O)CNC(=O)CN)Oc1cccc(F)c1.Cl. The van der Waals surface area contributed by atoms with Crippen LogP contribution in [0.1, 0.15) is 6.92 Å². The number of ether oxygens (including phenoxy) is 1. The van der Waals surface area contributed by atoms with Gasteiger partial charge in [-0.05, 0) is 19.1 Å². The summed E-state index contributed by atoms with van der Waals surface area (Å²) in [5, 5.41) is 4.93. The zero-order valence-corrected chi connectivity index (χ0v) is 12.4. The van der Waals surface area contributed by atoms with Crippen molar-refractivity contribution < 1.29 is 18.7 Å². The molecule has 21 heavy (non-hydrogen) atoms. The minimum atomic E-state index is -0.399. The molecule has 0 aliphatic heterocycles. The fraction of sp³-hybridized carbons (Fsp3) is 0.385. The number of hydrogen-bond acceptors (Lipinski definition) is 4. The van der Waals surface area contributed by atoms with Crippen molar-refractivity contribution in [2.45, 2.75) is 13.0 Å². The molecule has 0 bridgehead atoms. The maximum atomic E-state index is 12.9. The highest BCUT2D eigenvalue weighted by molar-refractivity contribution is 5.85. The van der Waals surface area contributed by atoms with Crippen LogP contribution in [0.15, 0.2) is 24.3 Å². The van der Waals surface area contributed by atoms with Crippen molar-refractivity contribution in [3.63, 3.8) is 0 Å². The van der Waals surface area contributed by atoms with Gasteiger partial charge in [0.25, 0.3) is 0 Å². The molecule has 1 rings (SSSR count). The van der Waals surface area contributed by atoms with E-state index in [1.165, 1.54) is 18.2 Å². The minimum absolute atomic E-state index is 0. The number of carbonyl (C=O) groups is 2. The first kappa shape index (κ1) is 19.1. The molecule has 8 heteroatoms. The number of rotatable bonds is 7. The standard InChI is InChI=1S/C13H18FN3O3.ClH/c1-9(20-11-4-2-3-10(14)5-11)7-16-13(19)8-17-12(18)6-15;/h2-5,9H,6-8,15H2,1H3,(H,16,19)(H,17,18);1H. The molecule has 0 saturated carbocycles. The van der Waals surface area contributed by atoms with Crippen LogP contribution in [0.3, 0.4) is 0 Å². The normalized spacial score (nSPS) is 11.0. The number of hydrogen-bond donors (Lipinski definition) is 3. The van der Waals surface area contributed by atoms with Gasteiger partial charge < -0.3 is 21.1 Å². The molecule has 2 amide bonds. The summed E-state index contributed by atoms with van der Waals surface area (Å²) < 4.78 is 18.4. The predicted molar refractivity (Wildman–Crippen MR) is 78.8 cm³/mol. The van der Waals surface area contributed by atoms with Crippen LogP contribution in [-0.4, -0.2) is 37.6 Å². The second-order valence-corrected chi connectivity index (χ2v) is 4.17. The molecule has 1 atom stereocenters. The topological polar surface area (TPSA) is 93.5 Å². The highest BCUT2D eigenvalue weighted by Gasteiger charge is 2.08. The van der Waals surface area contributed by atoms with Gasteiger partial charge in [-0.3, -0.25) is 9.59 Å². The van der Waals surface area contributed by atoms with Crippen molar-refractivity contribution in [3.8, 4) is 5.75 Å². The minimum Gasteiger partial charge on any atom is -0.489 e. The van der Waals surface area contributed by atoms with Crippen LogP contribution in [0.25, 0.3) is 0 Å². The Morgan fingerprint density at radius 1 is 1.33 bits per heavy atom. The van der Waals surface area contributed by atoms with E-state index >= 15 is 0 Å². The Labute approximate surface area is 128 Å². The lowest BCUT2D eigenvalue weighted by molar-refractivity contribution is -0.125. The van der Waals surface area contributed by atoms with Gasteiger partial charge in [-0.15, -0.1) is 12.4 Å². The van der Waals surface area contributed by atoms with Crippen molar-refractivity contribution in [1.29, 1.82) is 0 Å². The Bertz CT molecular complexity index is 474. The van der Waals surface area contributed by atoms with Gasteiger partial charge in [0.2, 0.25) is 11.8 Å². The second-order valence-electron chi connectivity index (χ2n) is 4.17. The van der Waals surface area contributed by atoms with E-state index in [1.807, 2.05) is 0 Å². The Kier molecular flexibility index (Phi) is 9.07. The summed E-state index contributed by atoms with van der Waals surface area (Å²) in [4.78, 5) is 22.2. The molecule has 0 aromatic heterocycles. The molecule has 0 radical (unpaired) electrons. The van der Waals surface area contributed by atoms with Crippen LogP contribution >= 0.6 is 12.4 Å². The maximum Gasteiger partial charge on any atom is 0.239 e. The van der Waals surface area contributed by atoms with Gasteiger partial charge in [0, 0.05) is 6.07 Å². The summed E-state index contributed by atoms with van der Waals surface area (Å²) in [6.07, 6.45) is -0.328. The Morgan fingerprint density at radius 3 is 2.67 bits per heavy atom. The summed E-state index contributed by atoms with van der Waals surface area (Å²) in [5.41, 5.74) is 5.08. The van der Waals surface area contributed by atoms with E-state index in [9.17, 15) is 14.0 Å². The van der Waals surface area contributed by atoms with Gasteiger partial charge in [-0.25, -0.2) is 4.39 Å². The summed E-state index contributed by atoms with van der Waals surface area (Å²) >= 11 is 0. The maximum absolute atomic E-state index is 12.9. The first-order chi connectivity index (χ1) is 9.51. The molecule has 4 N–H and O–H groups in total. The lowest BCUT2D eigenvalue weighted by Gasteiger charge is -2.15. The molecule has 1 aromatic rings. The monoisotopic (exact) mass is 319 g/mol. The lowest BCUT2D eigenvalue weighted by atomic mass is 10.3.